The second-order valence-corrected chi connectivity index (χ2v) is 19.0. The highest BCUT2D eigenvalue weighted by atomic mass is 16.7. The highest BCUT2D eigenvalue weighted by Gasteiger charge is 2.65. The molecule has 12 nitrogen and oxygen atoms in total. The number of amides is 1. The second kappa shape index (κ2) is 23.0. The number of hydrogen-bond acceptors (Lipinski definition) is 10. The SMILES string of the molecule is C=CCOC12Oc3ccc(Oc4ccc(-c5ccccc5)cc4)cc3C3C(CCCCO)C(CCCCO)C=C(C(=NOCc4ccc([N+](=O)[O-])cc4)CC1N(CCC)C(=O)c1ccc4ccccc4c1)C32. The molecule has 0 radical (unpaired) electrons. The molecular weight excluding hydrogens is 907 g/mol. The number of nitro benzene ring substituents is 1. The van der Waals surface area contributed by atoms with Crippen molar-refractivity contribution in [1.29, 1.82) is 0 Å². The van der Waals surface area contributed by atoms with Gasteiger partial charge in [-0.05, 0) is 132 Å². The average Bonchev–Trinajstić information content (AvgIpc) is 3.41. The Morgan fingerprint density at radius 3 is 2.28 bits per heavy atom. The van der Waals surface area contributed by atoms with Crippen LogP contribution in [-0.2, 0) is 16.2 Å². The summed E-state index contributed by atoms with van der Waals surface area (Å²) >= 11 is 0. The second-order valence-electron chi connectivity index (χ2n) is 19.0. The van der Waals surface area contributed by atoms with Crippen LogP contribution < -0.4 is 9.47 Å². The Balaban J connectivity index is 1.20. The van der Waals surface area contributed by atoms with E-state index in [1.54, 1.807) is 18.2 Å². The van der Waals surface area contributed by atoms with Crippen molar-refractivity contribution < 1.29 is 39.0 Å². The Morgan fingerprint density at radius 2 is 1.56 bits per heavy atom. The number of carbonyl (C=O) groups is 1. The van der Waals surface area contributed by atoms with E-state index in [9.17, 15) is 20.3 Å². The molecule has 1 amide bonds. The van der Waals surface area contributed by atoms with Gasteiger partial charge < -0.3 is 34.2 Å². The Morgan fingerprint density at radius 1 is 0.847 bits per heavy atom. The predicted octanol–water partition coefficient (Wildman–Crippen LogP) is 12.6. The Bertz CT molecular complexity index is 2900. The molecule has 2 N–H and O–H groups in total. The zero-order valence-corrected chi connectivity index (χ0v) is 40.8. The van der Waals surface area contributed by atoms with Gasteiger partial charge in [0, 0.05) is 55.4 Å². The third-order valence-electron chi connectivity index (χ3n) is 14.5. The number of oxime groups is 1. The molecule has 3 aliphatic rings. The maximum atomic E-state index is 15.4. The van der Waals surface area contributed by atoms with Crippen LogP contribution in [0.2, 0.25) is 0 Å². The normalized spacial score (nSPS) is 21.5. The van der Waals surface area contributed by atoms with Crippen LogP contribution in [0.1, 0.15) is 85.7 Å². The summed E-state index contributed by atoms with van der Waals surface area (Å²) in [6, 6.07) is 43.5. The molecule has 6 aromatic carbocycles. The highest BCUT2D eigenvalue weighted by Crippen LogP contribution is 2.62. The van der Waals surface area contributed by atoms with Gasteiger partial charge in [0.2, 0.25) is 5.79 Å². The number of aliphatic hydroxyl groups excluding tert-OH is 2. The van der Waals surface area contributed by atoms with E-state index in [0.29, 0.717) is 59.9 Å². The van der Waals surface area contributed by atoms with Gasteiger partial charge in [0.05, 0.1) is 23.2 Å². The largest absolute Gasteiger partial charge is 0.459 e. The highest BCUT2D eigenvalue weighted by molar-refractivity contribution is 6.04. The summed E-state index contributed by atoms with van der Waals surface area (Å²) < 4.78 is 21.4. The van der Waals surface area contributed by atoms with Crippen LogP contribution in [-0.4, -0.2) is 69.8 Å². The van der Waals surface area contributed by atoms with Crippen molar-refractivity contribution in [3.05, 3.63) is 191 Å². The lowest BCUT2D eigenvalue weighted by atomic mass is 9.55. The molecule has 0 saturated heterocycles. The van der Waals surface area contributed by atoms with Crippen molar-refractivity contribution in [2.75, 3.05) is 26.4 Å². The van der Waals surface area contributed by atoms with E-state index in [1.165, 1.54) is 12.1 Å². The summed E-state index contributed by atoms with van der Waals surface area (Å²) in [5, 5.41) is 38.6. The molecule has 12 heteroatoms. The summed E-state index contributed by atoms with van der Waals surface area (Å²) in [5.74, 6) is -0.425. The van der Waals surface area contributed by atoms with Crippen LogP contribution in [0, 0.1) is 27.9 Å². The summed E-state index contributed by atoms with van der Waals surface area (Å²) in [5.41, 5.74) is 5.91. The number of nitrogens with zero attached hydrogens (tertiary/aromatic N) is 3. The minimum absolute atomic E-state index is 0.00981. The summed E-state index contributed by atoms with van der Waals surface area (Å²) in [4.78, 5) is 34.6. The van der Waals surface area contributed by atoms with Gasteiger partial charge in [0.25, 0.3) is 11.6 Å². The number of hydrogen-bond donors (Lipinski definition) is 2. The molecule has 1 saturated carbocycles. The van der Waals surface area contributed by atoms with Gasteiger partial charge >= 0.3 is 0 Å². The maximum absolute atomic E-state index is 15.4. The third kappa shape index (κ3) is 10.6. The van der Waals surface area contributed by atoms with E-state index in [1.807, 2.05) is 89.8 Å². The van der Waals surface area contributed by atoms with Crippen LogP contribution in [0.4, 0.5) is 5.69 Å². The van der Waals surface area contributed by atoms with Gasteiger partial charge in [-0.3, -0.25) is 14.9 Å². The van der Waals surface area contributed by atoms with Crippen molar-refractivity contribution in [1.82, 2.24) is 4.90 Å². The average molecular weight is 970 g/mol. The van der Waals surface area contributed by atoms with Crippen molar-refractivity contribution in [3.63, 3.8) is 0 Å². The first-order valence-electron chi connectivity index (χ1n) is 25.3. The van der Waals surface area contributed by atoms with Crippen molar-refractivity contribution >= 4 is 28.1 Å². The van der Waals surface area contributed by atoms with Crippen molar-refractivity contribution in [3.8, 4) is 28.4 Å². The van der Waals surface area contributed by atoms with Gasteiger partial charge in [0.1, 0.15) is 29.9 Å². The first-order valence-corrected chi connectivity index (χ1v) is 25.3. The quantitative estimate of drug-likeness (QED) is 0.0293. The fourth-order valence-corrected chi connectivity index (χ4v) is 11.2. The van der Waals surface area contributed by atoms with Crippen LogP contribution in [0.25, 0.3) is 21.9 Å². The van der Waals surface area contributed by atoms with Gasteiger partial charge in [-0.15, -0.1) is 6.58 Å². The summed E-state index contributed by atoms with van der Waals surface area (Å²) in [6.07, 6.45) is 9.32. The molecule has 6 unspecified atom stereocenters. The predicted molar refractivity (Wildman–Crippen MR) is 280 cm³/mol. The van der Waals surface area contributed by atoms with Gasteiger partial charge in [-0.2, -0.15) is 0 Å². The van der Waals surface area contributed by atoms with E-state index in [-0.39, 0.29) is 62.2 Å². The molecule has 0 spiro atoms. The zero-order valence-electron chi connectivity index (χ0n) is 40.8. The molecule has 9 rings (SSSR count). The van der Waals surface area contributed by atoms with E-state index in [0.717, 1.165) is 58.7 Å². The monoisotopic (exact) mass is 969 g/mol. The van der Waals surface area contributed by atoms with E-state index in [2.05, 4.69) is 49.9 Å². The lowest BCUT2D eigenvalue weighted by molar-refractivity contribution is -0.384. The number of aliphatic hydroxyl groups is 2. The molecule has 6 atom stereocenters. The summed E-state index contributed by atoms with van der Waals surface area (Å²) in [6.45, 7) is 6.86. The first-order chi connectivity index (χ1) is 35.2. The summed E-state index contributed by atoms with van der Waals surface area (Å²) in [7, 11) is 0. The molecular formula is C60H63N3O9. The number of allylic oxidation sites excluding steroid dienone is 1. The number of fused-ring (bicyclic) bond motifs is 3. The number of nitro groups is 1. The van der Waals surface area contributed by atoms with Crippen LogP contribution in [0.5, 0.6) is 17.2 Å². The molecule has 2 aliphatic carbocycles. The van der Waals surface area contributed by atoms with E-state index in [4.69, 9.17) is 24.2 Å². The minimum atomic E-state index is -1.45. The maximum Gasteiger partial charge on any atom is 0.269 e. The molecule has 372 valence electrons. The molecule has 1 aliphatic heterocycles. The first kappa shape index (κ1) is 49.8. The Kier molecular flexibility index (Phi) is 15.9. The number of ether oxygens (including phenoxy) is 3. The Labute approximate surface area is 421 Å². The Hall–Kier alpha value is -7.12. The molecule has 72 heavy (non-hydrogen) atoms. The molecule has 0 bridgehead atoms. The fraction of sp³-hybridized carbons (Fsp3) is 0.333. The van der Waals surface area contributed by atoms with Crippen molar-refractivity contribution in [2.24, 2.45) is 22.9 Å². The molecule has 6 aromatic rings. The third-order valence-corrected chi connectivity index (χ3v) is 14.5. The topological polar surface area (TPSA) is 153 Å². The molecule has 0 aromatic heterocycles. The lowest BCUT2D eigenvalue weighted by Crippen LogP contribution is -2.70. The van der Waals surface area contributed by atoms with Gasteiger partial charge in [-0.25, -0.2) is 0 Å². The fourth-order valence-electron chi connectivity index (χ4n) is 11.2. The van der Waals surface area contributed by atoms with Crippen molar-refractivity contribution in [2.45, 2.75) is 82.6 Å². The number of non-ortho nitro benzene ring substituents is 1. The van der Waals surface area contributed by atoms with Crippen LogP contribution >= 0.6 is 0 Å². The minimum Gasteiger partial charge on any atom is -0.459 e. The molecule has 1 heterocycles. The standard InChI is InChI=1S/C60H63N3O9/c1-3-32-62(59(66)47-23-22-43-16-8-9-17-45(43)36-47)56-39-54(61-70-40-41-20-26-48(27-21-41)63(67)68)52-37-46(18-10-12-33-64)51(19-11-13-34-65)57-53-38-50(30-31-55(53)72-60(56,58(52)57)69-35-4-2)71-49-28-24-44(25-29-49)42-14-6-5-7-15-42/h4-9,14-17,20-31,36-38,46,51,56-58,64-65H,2-3,10-13,18-19,32-35,39-40H2,1H3. The number of rotatable bonds is 22. The number of unbranched alkanes of at least 4 members (excludes halogenated alkanes) is 2. The smallest absolute Gasteiger partial charge is 0.269 e. The van der Waals surface area contributed by atoms with E-state index < -0.39 is 22.7 Å². The lowest BCUT2D eigenvalue weighted by Gasteiger charge is -2.60. The number of carbonyl (C=O) groups excluding carboxylic acids is 1. The van der Waals surface area contributed by atoms with E-state index >= 15 is 4.79 Å². The van der Waals surface area contributed by atoms with Gasteiger partial charge in [0.15, 0.2) is 0 Å². The van der Waals surface area contributed by atoms with Crippen LogP contribution in [0.15, 0.2) is 169 Å². The zero-order chi connectivity index (χ0) is 50.0. The molecule has 1 fully saturated rings. The van der Waals surface area contributed by atoms with Crippen LogP contribution in [0.3, 0.4) is 0 Å². The van der Waals surface area contributed by atoms with Gasteiger partial charge in [-0.1, -0.05) is 110 Å². The number of benzene rings is 6.